The Morgan fingerprint density at radius 3 is 2.17 bits per heavy atom. The van der Waals surface area contributed by atoms with E-state index in [4.69, 9.17) is 32.5 Å². The first-order valence-corrected chi connectivity index (χ1v) is 16.7. The molecule has 4 saturated heterocycles. The van der Waals surface area contributed by atoms with Crippen molar-refractivity contribution < 1.29 is 37.6 Å². The maximum Gasteiger partial charge on any atom is 0.349 e. The van der Waals surface area contributed by atoms with Crippen LogP contribution in [-0.2, 0) is 34.4 Å². The molecule has 4 aliphatic rings. The van der Waals surface area contributed by atoms with E-state index in [0.717, 1.165) is 17.7 Å². The highest BCUT2D eigenvalue weighted by Crippen LogP contribution is 2.56. The van der Waals surface area contributed by atoms with Crippen LogP contribution in [0.3, 0.4) is 0 Å². The van der Waals surface area contributed by atoms with Crippen molar-refractivity contribution in [3.8, 4) is 5.75 Å². The van der Waals surface area contributed by atoms with Gasteiger partial charge < -0.3 is 37.6 Å². The number of methoxy groups -OCH3 is 1. The molecular weight excluding hydrogens is 528 g/mol. The summed E-state index contributed by atoms with van der Waals surface area (Å²) in [5.74, 6) is 0.175. The second-order valence-corrected chi connectivity index (χ2v) is 19.3. The molecule has 2 unspecified atom stereocenters. The molecule has 0 saturated carbocycles. The van der Waals surface area contributed by atoms with Gasteiger partial charge in [-0.05, 0) is 29.5 Å². The van der Waals surface area contributed by atoms with Crippen LogP contribution >= 0.6 is 0 Å². The fourth-order valence-corrected chi connectivity index (χ4v) is 12.6. The van der Waals surface area contributed by atoms with Crippen LogP contribution in [0, 0.1) is 11.8 Å². The van der Waals surface area contributed by atoms with Crippen molar-refractivity contribution in [2.45, 2.75) is 134 Å². The van der Waals surface area contributed by atoms with E-state index < -0.39 is 26.7 Å². The van der Waals surface area contributed by atoms with E-state index in [-0.39, 0.29) is 46.3 Å². The van der Waals surface area contributed by atoms with E-state index in [1.807, 2.05) is 24.3 Å². The monoisotopic (exact) mass is 578 g/mol. The van der Waals surface area contributed by atoms with E-state index >= 15 is 0 Å². The molecule has 0 bridgehead atoms. The molecule has 40 heavy (non-hydrogen) atoms. The second kappa shape index (κ2) is 10.9. The molecule has 1 aromatic carbocycles. The molecule has 1 spiro atoms. The van der Waals surface area contributed by atoms with Crippen molar-refractivity contribution in [1.82, 2.24) is 0 Å². The number of aliphatic hydroxyl groups is 1. The average Bonchev–Trinajstić information content (AvgIpc) is 2.86. The Bertz CT molecular complexity index is 992. The van der Waals surface area contributed by atoms with Crippen LogP contribution in [0.1, 0.15) is 80.2 Å². The summed E-state index contributed by atoms with van der Waals surface area (Å²) in [6, 6.07) is 7.76. The van der Waals surface area contributed by atoms with Gasteiger partial charge in [0.05, 0.1) is 38.6 Å². The van der Waals surface area contributed by atoms with Gasteiger partial charge in [0.25, 0.3) is 0 Å². The molecule has 9 atom stereocenters. The summed E-state index contributed by atoms with van der Waals surface area (Å²) >= 11 is 0. The van der Waals surface area contributed by atoms with Gasteiger partial charge in [0.1, 0.15) is 18.0 Å². The minimum Gasteiger partial charge on any atom is -0.497 e. The van der Waals surface area contributed by atoms with Gasteiger partial charge in [0.2, 0.25) is 0 Å². The van der Waals surface area contributed by atoms with Crippen molar-refractivity contribution in [2.75, 3.05) is 13.7 Å². The number of aliphatic hydroxyl groups excluding tert-OH is 1. The summed E-state index contributed by atoms with van der Waals surface area (Å²) in [6.07, 6.45) is 0.0895. The molecule has 0 aromatic heterocycles. The lowest BCUT2D eigenvalue weighted by atomic mass is 9.79. The van der Waals surface area contributed by atoms with Crippen LogP contribution in [0.4, 0.5) is 0 Å². The quantitative estimate of drug-likeness (QED) is 0.456. The van der Waals surface area contributed by atoms with Crippen LogP contribution in [0.5, 0.6) is 5.75 Å². The topological polar surface area (TPSA) is 84.8 Å². The van der Waals surface area contributed by atoms with Crippen molar-refractivity contribution >= 4 is 8.56 Å². The summed E-state index contributed by atoms with van der Waals surface area (Å²) in [4.78, 5) is 0. The number of hydrogen-bond acceptors (Lipinski definition) is 8. The largest absolute Gasteiger partial charge is 0.497 e. The molecule has 8 nitrogen and oxygen atoms in total. The lowest BCUT2D eigenvalue weighted by Crippen LogP contribution is -2.69. The first kappa shape index (κ1) is 30.4. The van der Waals surface area contributed by atoms with Gasteiger partial charge >= 0.3 is 8.56 Å². The van der Waals surface area contributed by atoms with Crippen LogP contribution < -0.4 is 4.74 Å². The summed E-state index contributed by atoms with van der Waals surface area (Å²) in [5, 5.41) is 10.9. The predicted molar refractivity (Wildman–Crippen MR) is 153 cm³/mol. The third kappa shape index (κ3) is 5.53. The normalized spacial score (nSPS) is 39.9. The summed E-state index contributed by atoms with van der Waals surface area (Å²) in [5.41, 5.74) is 1.02. The first-order valence-electron chi connectivity index (χ1n) is 14.9. The third-order valence-corrected chi connectivity index (χ3v) is 14.4. The lowest BCUT2D eigenvalue weighted by molar-refractivity contribution is -0.405. The third-order valence-electron chi connectivity index (χ3n) is 9.29. The molecule has 0 amide bonds. The Kier molecular flexibility index (Phi) is 8.29. The minimum atomic E-state index is -2.62. The fraction of sp³-hybridized carbons (Fsp3) is 0.806. The second-order valence-electron chi connectivity index (χ2n) is 14.5. The van der Waals surface area contributed by atoms with Gasteiger partial charge in [-0.1, -0.05) is 67.5 Å². The Hall–Kier alpha value is -1.04. The lowest BCUT2D eigenvalue weighted by Gasteiger charge is -2.59. The first-order chi connectivity index (χ1) is 18.7. The fourth-order valence-electron chi connectivity index (χ4n) is 7.66. The van der Waals surface area contributed by atoms with Crippen molar-refractivity contribution in [1.29, 1.82) is 0 Å². The Balaban J connectivity index is 1.26. The molecule has 0 radical (unpaired) electrons. The highest BCUT2D eigenvalue weighted by Gasteiger charge is 2.64. The molecule has 0 aliphatic carbocycles. The molecule has 4 aliphatic heterocycles. The van der Waals surface area contributed by atoms with Gasteiger partial charge in [0, 0.05) is 29.3 Å². The number of benzene rings is 1. The zero-order valence-electron chi connectivity index (χ0n) is 25.8. The highest BCUT2D eigenvalue weighted by atomic mass is 28.4. The van der Waals surface area contributed by atoms with Gasteiger partial charge in [-0.25, -0.2) is 0 Å². The van der Waals surface area contributed by atoms with E-state index in [9.17, 15) is 5.11 Å². The standard InChI is InChI=1S/C31H50O8Si/c1-19-15-31(16-20(2)27(28(32)38-31)34-17-21-10-12-22(33-9)13-11-21)37-24-14-23-25(36-26(19)24)18-35-40(39-23,29(3,4)5)30(6,7)8/h10-13,19-20,23-28,32H,14-18H2,1-9H3/t19-,20-,23+,24-,25+,26-,27-,28?,31?/m0/s1. The van der Waals surface area contributed by atoms with E-state index in [2.05, 4.69) is 55.4 Å². The molecule has 5 rings (SSSR count). The summed E-state index contributed by atoms with van der Waals surface area (Å²) in [7, 11) is -0.971. The summed E-state index contributed by atoms with van der Waals surface area (Å²) in [6.45, 7) is 18.7. The van der Waals surface area contributed by atoms with Crippen LogP contribution in [0.25, 0.3) is 0 Å². The number of hydrogen-bond donors (Lipinski definition) is 1. The van der Waals surface area contributed by atoms with Crippen molar-refractivity contribution in [3.63, 3.8) is 0 Å². The smallest absolute Gasteiger partial charge is 0.349 e. The van der Waals surface area contributed by atoms with Gasteiger partial charge in [-0.2, -0.15) is 0 Å². The maximum atomic E-state index is 11.1. The molecule has 9 heteroatoms. The Morgan fingerprint density at radius 1 is 0.925 bits per heavy atom. The average molecular weight is 579 g/mol. The Morgan fingerprint density at radius 2 is 1.57 bits per heavy atom. The molecule has 4 fully saturated rings. The van der Waals surface area contributed by atoms with Crippen molar-refractivity contribution in [2.24, 2.45) is 11.8 Å². The summed E-state index contributed by atoms with van der Waals surface area (Å²) < 4.78 is 44.8. The maximum absolute atomic E-state index is 11.1. The molecule has 226 valence electrons. The van der Waals surface area contributed by atoms with Crippen LogP contribution in [0.15, 0.2) is 24.3 Å². The van der Waals surface area contributed by atoms with Crippen LogP contribution in [-0.4, -0.2) is 70.0 Å². The van der Waals surface area contributed by atoms with E-state index in [0.29, 0.717) is 26.1 Å². The number of ether oxygens (including phenoxy) is 5. The molecular formula is C31H50O8Si. The van der Waals surface area contributed by atoms with Crippen molar-refractivity contribution in [3.05, 3.63) is 29.8 Å². The van der Waals surface area contributed by atoms with Gasteiger partial charge in [-0.15, -0.1) is 0 Å². The zero-order chi connectivity index (χ0) is 29.1. The highest BCUT2D eigenvalue weighted by molar-refractivity contribution is 6.73. The van der Waals surface area contributed by atoms with E-state index in [1.165, 1.54) is 0 Å². The zero-order valence-corrected chi connectivity index (χ0v) is 26.8. The predicted octanol–water partition coefficient (Wildman–Crippen LogP) is 5.69. The van der Waals surface area contributed by atoms with Crippen LogP contribution in [0.2, 0.25) is 10.1 Å². The molecule has 4 heterocycles. The van der Waals surface area contributed by atoms with Gasteiger partial charge in [-0.3, -0.25) is 0 Å². The van der Waals surface area contributed by atoms with E-state index in [1.54, 1.807) is 7.11 Å². The SMILES string of the molecule is COc1ccc(CO[C@@H]2C(O)OC3(C[C@H](C)[C@@H]4O[C@@H]5CO[Si](C(C)(C)C)(C(C)(C)C)O[C@@H]5C[C@@H]4O3)C[C@@H]2C)cc1. The number of rotatable bonds is 4. The minimum absolute atomic E-state index is 0.0455. The molecule has 1 N–H and O–H groups in total. The number of fused-ring (bicyclic) bond motifs is 2. The Labute approximate surface area is 241 Å². The van der Waals surface area contributed by atoms with Gasteiger partial charge in [0.15, 0.2) is 12.1 Å². The molecule has 1 aromatic rings.